The maximum Gasteiger partial charge on any atom is 0.273 e. The normalized spacial score (nSPS) is 11.2. The van der Waals surface area contributed by atoms with Crippen molar-refractivity contribution in [1.29, 1.82) is 5.26 Å². The average molecular weight is 275 g/mol. The molecule has 0 aromatic carbocycles. The van der Waals surface area contributed by atoms with E-state index in [9.17, 15) is 13.2 Å². The minimum Gasteiger partial charge on any atom is -0.301 e. The molecule has 0 aliphatic carbocycles. The van der Waals surface area contributed by atoms with Gasteiger partial charge in [0.05, 0.1) is 6.07 Å². The summed E-state index contributed by atoms with van der Waals surface area (Å²) in [5.74, 6) is -0.365. The summed E-state index contributed by atoms with van der Waals surface area (Å²) in [4.78, 5) is 10.7. The predicted octanol–water partition coefficient (Wildman–Crippen LogP) is -0.359. The van der Waals surface area contributed by atoms with Crippen molar-refractivity contribution < 1.29 is 13.2 Å². The molecule has 0 saturated carbocycles. The van der Waals surface area contributed by atoms with Crippen molar-refractivity contribution >= 4 is 32.4 Å². The molecule has 1 rings (SSSR count). The van der Waals surface area contributed by atoms with Gasteiger partial charge < -0.3 is 5.32 Å². The van der Waals surface area contributed by atoms with Crippen LogP contribution in [0.4, 0.5) is 5.13 Å². The van der Waals surface area contributed by atoms with Crippen molar-refractivity contribution in [3.63, 3.8) is 0 Å². The maximum atomic E-state index is 11.8. The van der Waals surface area contributed by atoms with Gasteiger partial charge in [-0.1, -0.05) is 11.3 Å². The summed E-state index contributed by atoms with van der Waals surface area (Å²) in [7, 11) is -2.55. The third-order valence-corrected chi connectivity index (χ3v) is 4.60. The number of hydrogen-bond donors (Lipinski definition) is 1. The molecule has 0 bridgehead atoms. The first-order chi connectivity index (χ1) is 7.87. The second-order valence-electron chi connectivity index (χ2n) is 2.97. The number of rotatable bonds is 4. The van der Waals surface area contributed by atoms with Crippen LogP contribution in [0, 0.1) is 11.3 Å². The predicted molar refractivity (Wildman–Crippen MR) is 59.6 cm³/mol. The second kappa shape index (κ2) is 5.17. The second-order valence-corrected chi connectivity index (χ2v) is 6.17. The van der Waals surface area contributed by atoms with Gasteiger partial charge in [0, 0.05) is 14.0 Å². The first kappa shape index (κ1) is 13.5. The van der Waals surface area contributed by atoms with Crippen LogP contribution in [-0.2, 0) is 14.8 Å². The van der Waals surface area contributed by atoms with Crippen LogP contribution in [-0.4, -0.2) is 42.4 Å². The number of carbonyl (C=O) groups excluding carboxylic acids is 1. The van der Waals surface area contributed by atoms with Crippen LogP contribution in [0.5, 0.6) is 0 Å². The van der Waals surface area contributed by atoms with E-state index in [0.717, 1.165) is 15.6 Å². The van der Waals surface area contributed by atoms with Crippen LogP contribution in [0.1, 0.15) is 6.92 Å². The maximum absolute atomic E-state index is 11.8. The van der Waals surface area contributed by atoms with Crippen LogP contribution in [0.2, 0.25) is 0 Å². The lowest BCUT2D eigenvalue weighted by Crippen LogP contribution is -2.27. The molecule has 10 heteroatoms. The Balaban J connectivity index is 2.97. The molecule has 1 N–H and O–H groups in total. The summed E-state index contributed by atoms with van der Waals surface area (Å²) >= 11 is 0.729. The summed E-state index contributed by atoms with van der Waals surface area (Å²) in [5.41, 5.74) is 0. The largest absolute Gasteiger partial charge is 0.301 e. The van der Waals surface area contributed by atoms with Gasteiger partial charge >= 0.3 is 0 Å². The number of nitriles is 1. The molecule has 8 nitrogen and oxygen atoms in total. The smallest absolute Gasteiger partial charge is 0.273 e. The van der Waals surface area contributed by atoms with Gasteiger partial charge in [0.25, 0.3) is 10.0 Å². The highest BCUT2D eigenvalue weighted by atomic mass is 32.2. The van der Waals surface area contributed by atoms with E-state index in [2.05, 4.69) is 15.5 Å². The van der Waals surface area contributed by atoms with Crippen LogP contribution in [0.3, 0.4) is 0 Å². The fourth-order valence-corrected chi connectivity index (χ4v) is 3.03. The third kappa shape index (κ3) is 3.19. The topological polar surface area (TPSA) is 116 Å². The molecule has 92 valence electrons. The Morgan fingerprint density at radius 2 is 2.24 bits per heavy atom. The summed E-state index contributed by atoms with van der Waals surface area (Å²) < 4.78 is 24.2. The monoisotopic (exact) mass is 275 g/mol. The SMILES string of the molecule is CC(=O)Nc1nnc(S(=O)(=O)N(C)CC#N)s1. The number of anilines is 1. The van der Waals surface area contributed by atoms with Gasteiger partial charge in [-0.3, -0.25) is 4.79 Å². The van der Waals surface area contributed by atoms with Crippen molar-refractivity contribution in [3.05, 3.63) is 0 Å². The molecule has 0 unspecified atom stereocenters. The number of carbonyl (C=O) groups is 1. The van der Waals surface area contributed by atoms with E-state index in [0.29, 0.717) is 0 Å². The van der Waals surface area contributed by atoms with E-state index in [1.54, 1.807) is 6.07 Å². The number of nitrogens with one attached hydrogen (secondary N) is 1. The van der Waals surface area contributed by atoms with Gasteiger partial charge in [-0.2, -0.15) is 9.57 Å². The number of aromatic nitrogens is 2. The molecule has 0 radical (unpaired) electrons. The lowest BCUT2D eigenvalue weighted by atomic mass is 10.7. The van der Waals surface area contributed by atoms with E-state index in [1.165, 1.54) is 14.0 Å². The Morgan fingerprint density at radius 1 is 1.59 bits per heavy atom. The van der Waals surface area contributed by atoms with Crippen LogP contribution >= 0.6 is 11.3 Å². The Hall–Kier alpha value is -1.57. The van der Waals surface area contributed by atoms with E-state index in [1.807, 2.05) is 0 Å². The molecule has 1 aromatic heterocycles. The van der Waals surface area contributed by atoms with Crippen LogP contribution in [0.25, 0.3) is 0 Å². The van der Waals surface area contributed by atoms with E-state index < -0.39 is 10.0 Å². The molecule has 1 heterocycles. The molecule has 0 fully saturated rings. The minimum atomic E-state index is -3.81. The third-order valence-electron chi connectivity index (χ3n) is 1.61. The Labute approximate surface area is 102 Å². The first-order valence-electron chi connectivity index (χ1n) is 4.32. The molecule has 0 aliphatic heterocycles. The molecule has 0 aliphatic rings. The lowest BCUT2D eigenvalue weighted by Gasteiger charge is -2.09. The quantitative estimate of drug-likeness (QED) is 0.592. The highest BCUT2D eigenvalue weighted by Crippen LogP contribution is 2.22. The Kier molecular flexibility index (Phi) is 4.11. The van der Waals surface area contributed by atoms with Crippen LogP contribution in [0.15, 0.2) is 4.34 Å². The molecule has 0 saturated heterocycles. The Bertz CT molecular complexity index is 558. The zero-order valence-corrected chi connectivity index (χ0v) is 10.7. The van der Waals surface area contributed by atoms with Gasteiger partial charge in [-0.15, -0.1) is 10.2 Å². The molecule has 1 amide bonds. The van der Waals surface area contributed by atoms with E-state index in [-0.39, 0.29) is 21.9 Å². The molecule has 17 heavy (non-hydrogen) atoms. The zero-order chi connectivity index (χ0) is 13.1. The molecule has 0 atom stereocenters. The zero-order valence-electron chi connectivity index (χ0n) is 9.04. The standard InChI is InChI=1S/C7H9N5O3S2/c1-5(13)9-6-10-11-7(16-6)17(14,15)12(2)4-3-8/h4H2,1-2H3,(H,9,10,13). The summed E-state index contributed by atoms with van der Waals surface area (Å²) in [6.07, 6.45) is 0. The molecule has 0 spiro atoms. The number of amides is 1. The van der Waals surface area contributed by atoms with Crippen LogP contribution < -0.4 is 5.32 Å². The summed E-state index contributed by atoms with van der Waals surface area (Å²) in [6.45, 7) is 0.995. The first-order valence-corrected chi connectivity index (χ1v) is 6.58. The minimum absolute atomic E-state index is 0.0985. The van der Waals surface area contributed by atoms with Gasteiger partial charge in [0.2, 0.25) is 15.4 Å². The van der Waals surface area contributed by atoms with Crippen molar-refractivity contribution in [2.45, 2.75) is 11.3 Å². The molecular weight excluding hydrogens is 266 g/mol. The van der Waals surface area contributed by atoms with Crippen molar-refractivity contribution in [2.75, 3.05) is 18.9 Å². The van der Waals surface area contributed by atoms with Crippen molar-refractivity contribution in [1.82, 2.24) is 14.5 Å². The van der Waals surface area contributed by atoms with Gasteiger partial charge in [-0.05, 0) is 0 Å². The molecular formula is C7H9N5O3S2. The Morgan fingerprint density at radius 3 is 2.76 bits per heavy atom. The number of hydrogen-bond acceptors (Lipinski definition) is 7. The van der Waals surface area contributed by atoms with Gasteiger partial charge in [0.15, 0.2) is 0 Å². The van der Waals surface area contributed by atoms with Crippen molar-refractivity contribution in [2.24, 2.45) is 0 Å². The highest BCUT2D eigenvalue weighted by molar-refractivity contribution is 7.91. The lowest BCUT2D eigenvalue weighted by molar-refractivity contribution is -0.114. The van der Waals surface area contributed by atoms with E-state index >= 15 is 0 Å². The van der Waals surface area contributed by atoms with Crippen molar-refractivity contribution in [3.8, 4) is 6.07 Å². The molecule has 1 aromatic rings. The number of sulfonamides is 1. The van der Waals surface area contributed by atoms with Gasteiger partial charge in [-0.25, -0.2) is 8.42 Å². The van der Waals surface area contributed by atoms with Gasteiger partial charge in [0.1, 0.15) is 6.54 Å². The summed E-state index contributed by atoms with van der Waals surface area (Å²) in [6, 6.07) is 1.72. The summed E-state index contributed by atoms with van der Waals surface area (Å²) in [5, 5.41) is 17.8. The average Bonchev–Trinajstić information content (AvgIpc) is 2.66. The fourth-order valence-electron chi connectivity index (χ4n) is 0.833. The highest BCUT2D eigenvalue weighted by Gasteiger charge is 2.25. The number of nitrogens with zero attached hydrogens (tertiary/aromatic N) is 4. The fraction of sp³-hybridized carbons (Fsp3) is 0.429. The van der Waals surface area contributed by atoms with E-state index in [4.69, 9.17) is 5.26 Å².